The fourth-order valence-corrected chi connectivity index (χ4v) is 2.16. The lowest BCUT2D eigenvalue weighted by atomic mass is 10.3. The van der Waals surface area contributed by atoms with E-state index in [1.807, 2.05) is 29.8 Å². The van der Waals surface area contributed by atoms with Crippen LogP contribution in [0, 0.1) is 6.92 Å². The van der Waals surface area contributed by atoms with E-state index < -0.39 is 0 Å². The molecule has 0 saturated carbocycles. The van der Waals surface area contributed by atoms with Gasteiger partial charge in [0.05, 0.1) is 0 Å². The Morgan fingerprint density at radius 2 is 2.11 bits per heavy atom. The topological polar surface area (TPSA) is 45.5 Å². The van der Waals surface area contributed by atoms with E-state index in [2.05, 4.69) is 34.1 Å². The SMILES string of the molecule is CCN(CC)CCCNc1nc2c(C)cccn2n1. The summed E-state index contributed by atoms with van der Waals surface area (Å²) in [7, 11) is 0. The molecule has 0 unspecified atom stereocenters. The van der Waals surface area contributed by atoms with Gasteiger partial charge in [0.1, 0.15) is 0 Å². The Hall–Kier alpha value is -1.62. The lowest BCUT2D eigenvalue weighted by Gasteiger charge is -2.17. The van der Waals surface area contributed by atoms with Crippen LogP contribution in [-0.4, -0.2) is 45.7 Å². The zero-order chi connectivity index (χ0) is 13.7. The van der Waals surface area contributed by atoms with Crippen LogP contribution in [0.2, 0.25) is 0 Å². The largest absolute Gasteiger partial charge is 0.353 e. The van der Waals surface area contributed by atoms with Gasteiger partial charge in [-0.2, -0.15) is 4.98 Å². The lowest BCUT2D eigenvalue weighted by molar-refractivity contribution is 0.303. The van der Waals surface area contributed by atoms with Gasteiger partial charge in [0, 0.05) is 12.7 Å². The van der Waals surface area contributed by atoms with Crippen molar-refractivity contribution in [1.82, 2.24) is 19.5 Å². The zero-order valence-electron chi connectivity index (χ0n) is 12.1. The van der Waals surface area contributed by atoms with Crippen LogP contribution in [0.15, 0.2) is 18.3 Å². The van der Waals surface area contributed by atoms with Crippen molar-refractivity contribution in [3.8, 4) is 0 Å². The van der Waals surface area contributed by atoms with E-state index in [0.717, 1.165) is 43.8 Å². The molecular weight excluding hydrogens is 238 g/mol. The predicted molar refractivity (Wildman–Crippen MR) is 78.6 cm³/mol. The van der Waals surface area contributed by atoms with Gasteiger partial charge in [-0.1, -0.05) is 19.9 Å². The smallest absolute Gasteiger partial charge is 0.243 e. The second-order valence-electron chi connectivity index (χ2n) is 4.70. The van der Waals surface area contributed by atoms with Crippen LogP contribution in [0.4, 0.5) is 5.95 Å². The van der Waals surface area contributed by atoms with Crippen LogP contribution < -0.4 is 5.32 Å². The van der Waals surface area contributed by atoms with Crippen LogP contribution >= 0.6 is 0 Å². The average Bonchev–Trinajstić information content (AvgIpc) is 2.83. The van der Waals surface area contributed by atoms with Crippen molar-refractivity contribution in [3.63, 3.8) is 0 Å². The van der Waals surface area contributed by atoms with E-state index in [4.69, 9.17) is 0 Å². The molecule has 0 amide bonds. The summed E-state index contributed by atoms with van der Waals surface area (Å²) in [4.78, 5) is 6.92. The van der Waals surface area contributed by atoms with E-state index >= 15 is 0 Å². The fraction of sp³-hybridized carbons (Fsp3) is 0.571. The van der Waals surface area contributed by atoms with Crippen molar-refractivity contribution in [1.29, 1.82) is 0 Å². The molecule has 2 heterocycles. The minimum atomic E-state index is 0.717. The molecule has 0 bridgehead atoms. The van der Waals surface area contributed by atoms with Crippen LogP contribution in [0.1, 0.15) is 25.8 Å². The normalized spacial score (nSPS) is 11.4. The highest BCUT2D eigenvalue weighted by Crippen LogP contribution is 2.09. The first-order valence-corrected chi connectivity index (χ1v) is 7.02. The molecule has 5 heteroatoms. The number of rotatable bonds is 7. The van der Waals surface area contributed by atoms with Crippen molar-refractivity contribution >= 4 is 11.6 Å². The minimum absolute atomic E-state index is 0.717. The van der Waals surface area contributed by atoms with Crippen molar-refractivity contribution in [2.24, 2.45) is 0 Å². The summed E-state index contributed by atoms with van der Waals surface area (Å²) in [6.45, 7) is 10.7. The number of aromatic nitrogens is 3. The fourth-order valence-electron chi connectivity index (χ4n) is 2.16. The molecule has 0 fully saturated rings. The molecule has 0 aliphatic rings. The first-order valence-electron chi connectivity index (χ1n) is 7.02. The highest BCUT2D eigenvalue weighted by atomic mass is 15.3. The highest BCUT2D eigenvalue weighted by Gasteiger charge is 2.04. The summed E-state index contributed by atoms with van der Waals surface area (Å²) < 4.78 is 1.82. The van der Waals surface area contributed by atoms with Crippen LogP contribution in [0.3, 0.4) is 0 Å². The molecular formula is C14H23N5. The number of nitrogens with zero attached hydrogens (tertiary/aromatic N) is 4. The van der Waals surface area contributed by atoms with Gasteiger partial charge in [0.2, 0.25) is 5.95 Å². The summed E-state index contributed by atoms with van der Waals surface area (Å²) in [5.74, 6) is 0.717. The summed E-state index contributed by atoms with van der Waals surface area (Å²) in [6, 6.07) is 4.04. The van der Waals surface area contributed by atoms with Crippen molar-refractivity contribution in [2.75, 3.05) is 31.5 Å². The predicted octanol–water partition coefficient (Wildman–Crippen LogP) is 2.18. The van der Waals surface area contributed by atoms with E-state index in [-0.39, 0.29) is 0 Å². The van der Waals surface area contributed by atoms with Gasteiger partial charge in [-0.25, -0.2) is 4.52 Å². The van der Waals surface area contributed by atoms with E-state index in [1.54, 1.807) is 0 Å². The molecule has 0 aliphatic carbocycles. The molecule has 19 heavy (non-hydrogen) atoms. The number of hydrogen-bond donors (Lipinski definition) is 1. The Morgan fingerprint density at radius 3 is 2.79 bits per heavy atom. The Kier molecular flexibility index (Phi) is 4.74. The van der Waals surface area contributed by atoms with E-state index in [9.17, 15) is 0 Å². The molecule has 0 aliphatic heterocycles. The highest BCUT2D eigenvalue weighted by molar-refractivity contribution is 5.49. The van der Waals surface area contributed by atoms with Crippen molar-refractivity contribution in [3.05, 3.63) is 23.9 Å². The van der Waals surface area contributed by atoms with Gasteiger partial charge in [-0.15, -0.1) is 5.10 Å². The Bertz CT molecular complexity index is 516. The standard InChI is InChI=1S/C14H23N5/c1-4-18(5-2)10-7-9-15-14-16-13-12(3)8-6-11-19(13)17-14/h6,8,11H,4-5,7,9-10H2,1-3H3,(H,15,17). The third-order valence-corrected chi connectivity index (χ3v) is 3.39. The minimum Gasteiger partial charge on any atom is -0.353 e. The van der Waals surface area contributed by atoms with Gasteiger partial charge < -0.3 is 10.2 Å². The number of hydrogen-bond acceptors (Lipinski definition) is 4. The first-order chi connectivity index (χ1) is 9.24. The molecule has 0 atom stereocenters. The number of fused-ring (bicyclic) bond motifs is 1. The third-order valence-electron chi connectivity index (χ3n) is 3.39. The Morgan fingerprint density at radius 1 is 1.32 bits per heavy atom. The maximum absolute atomic E-state index is 4.50. The van der Waals surface area contributed by atoms with Crippen LogP contribution in [0.25, 0.3) is 5.65 Å². The zero-order valence-corrected chi connectivity index (χ0v) is 12.1. The Labute approximate surface area is 114 Å². The molecule has 2 rings (SSSR count). The quantitative estimate of drug-likeness (QED) is 0.776. The maximum atomic E-state index is 4.50. The van der Waals surface area contributed by atoms with Crippen molar-refractivity contribution < 1.29 is 0 Å². The molecule has 0 saturated heterocycles. The summed E-state index contributed by atoms with van der Waals surface area (Å²) in [5, 5.41) is 7.71. The molecule has 104 valence electrons. The monoisotopic (exact) mass is 261 g/mol. The van der Waals surface area contributed by atoms with Gasteiger partial charge in [0.15, 0.2) is 5.65 Å². The second-order valence-corrected chi connectivity index (χ2v) is 4.70. The number of nitrogens with one attached hydrogen (secondary N) is 1. The molecule has 2 aromatic heterocycles. The summed E-state index contributed by atoms with van der Waals surface area (Å²) in [5.41, 5.74) is 2.07. The average molecular weight is 261 g/mol. The summed E-state index contributed by atoms with van der Waals surface area (Å²) >= 11 is 0. The van der Waals surface area contributed by atoms with Gasteiger partial charge >= 0.3 is 0 Å². The van der Waals surface area contributed by atoms with E-state index in [0.29, 0.717) is 5.95 Å². The molecule has 0 aromatic carbocycles. The lowest BCUT2D eigenvalue weighted by Crippen LogP contribution is -2.25. The molecule has 5 nitrogen and oxygen atoms in total. The molecule has 1 N–H and O–H groups in total. The maximum Gasteiger partial charge on any atom is 0.243 e. The number of pyridine rings is 1. The summed E-state index contributed by atoms with van der Waals surface area (Å²) in [6.07, 6.45) is 3.03. The number of aryl methyl sites for hydroxylation is 1. The Balaban J connectivity index is 1.86. The van der Waals surface area contributed by atoms with Crippen molar-refractivity contribution in [2.45, 2.75) is 27.2 Å². The number of anilines is 1. The van der Waals surface area contributed by atoms with Gasteiger partial charge in [-0.05, 0) is 44.6 Å². The molecule has 2 aromatic rings. The van der Waals surface area contributed by atoms with Gasteiger partial charge in [0.25, 0.3) is 0 Å². The van der Waals surface area contributed by atoms with Crippen LogP contribution in [0.5, 0.6) is 0 Å². The van der Waals surface area contributed by atoms with Gasteiger partial charge in [-0.3, -0.25) is 0 Å². The third kappa shape index (κ3) is 3.44. The van der Waals surface area contributed by atoms with Crippen LogP contribution in [-0.2, 0) is 0 Å². The first kappa shape index (κ1) is 13.8. The molecule has 0 radical (unpaired) electrons. The molecule has 0 spiro atoms. The second kappa shape index (κ2) is 6.52. The van der Waals surface area contributed by atoms with E-state index in [1.165, 1.54) is 0 Å².